The largest absolute Gasteiger partial charge is 0.336 e. The first kappa shape index (κ1) is 23.2. The molecule has 1 saturated carbocycles. The summed E-state index contributed by atoms with van der Waals surface area (Å²) in [5.41, 5.74) is 2.96. The lowest BCUT2D eigenvalue weighted by Gasteiger charge is -2.46. The average molecular weight is 447 g/mol. The van der Waals surface area contributed by atoms with E-state index in [0.29, 0.717) is 18.8 Å². The number of aromatic nitrogens is 1. The second-order valence-corrected chi connectivity index (χ2v) is 9.14. The minimum Gasteiger partial charge on any atom is -0.336 e. The van der Waals surface area contributed by atoms with Gasteiger partial charge in [-0.2, -0.15) is 0 Å². The molecule has 1 saturated heterocycles. The van der Waals surface area contributed by atoms with Gasteiger partial charge in [-0.3, -0.25) is 14.5 Å². The summed E-state index contributed by atoms with van der Waals surface area (Å²) in [5.74, 6) is 0.773. The fourth-order valence-electron chi connectivity index (χ4n) is 5.15. The molecule has 6 heteroatoms. The van der Waals surface area contributed by atoms with Crippen molar-refractivity contribution in [1.29, 1.82) is 0 Å². The summed E-state index contributed by atoms with van der Waals surface area (Å²) in [7, 11) is 2.09. The van der Waals surface area contributed by atoms with Crippen LogP contribution in [0.5, 0.6) is 0 Å². The van der Waals surface area contributed by atoms with Gasteiger partial charge in [-0.15, -0.1) is 0 Å². The highest BCUT2D eigenvalue weighted by molar-refractivity contribution is 5.91. The van der Waals surface area contributed by atoms with Gasteiger partial charge in [-0.05, 0) is 55.1 Å². The second kappa shape index (κ2) is 10.3. The van der Waals surface area contributed by atoms with Crippen LogP contribution in [-0.4, -0.2) is 58.8 Å². The van der Waals surface area contributed by atoms with Crippen LogP contribution in [-0.2, 0) is 22.4 Å². The number of rotatable bonds is 7. The fraction of sp³-hybridized carbons (Fsp3) is 0.444. The normalized spacial score (nSPS) is 18.4. The molecular weight excluding hydrogens is 412 g/mol. The molecule has 33 heavy (non-hydrogen) atoms. The van der Waals surface area contributed by atoms with Crippen molar-refractivity contribution in [2.24, 2.45) is 0 Å². The zero-order valence-electron chi connectivity index (χ0n) is 19.7. The third-order valence-corrected chi connectivity index (χ3v) is 7.08. The molecule has 4 rings (SSSR count). The van der Waals surface area contributed by atoms with E-state index in [4.69, 9.17) is 0 Å². The summed E-state index contributed by atoms with van der Waals surface area (Å²) in [6, 6.07) is 11.7. The van der Waals surface area contributed by atoms with Gasteiger partial charge in [-0.1, -0.05) is 56.2 Å². The van der Waals surface area contributed by atoms with Crippen LogP contribution in [0.4, 0.5) is 5.82 Å². The van der Waals surface area contributed by atoms with Crippen molar-refractivity contribution in [2.75, 3.05) is 32.0 Å². The summed E-state index contributed by atoms with van der Waals surface area (Å²) in [5, 5.41) is 2.86. The lowest BCUT2D eigenvalue weighted by atomic mass is 9.91. The lowest BCUT2D eigenvalue weighted by molar-refractivity contribution is -0.149. The Kier molecular flexibility index (Phi) is 7.23. The molecule has 6 nitrogen and oxygen atoms in total. The van der Waals surface area contributed by atoms with Crippen molar-refractivity contribution in [3.63, 3.8) is 0 Å². The molecule has 0 unspecified atom stereocenters. The van der Waals surface area contributed by atoms with Crippen molar-refractivity contribution < 1.29 is 9.59 Å². The summed E-state index contributed by atoms with van der Waals surface area (Å²) >= 11 is 0. The highest BCUT2D eigenvalue weighted by Gasteiger charge is 2.48. The highest BCUT2D eigenvalue weighted by atomic mass is 16.2. The number of carbonyl (C=O) groups excluding carboxylic acids is 2. The number of aryl methyl sites for hydroxylation is 1. The Bertz CT molecular complexity index is 1010. The molecule has 2 aliphatic rings. The number of likely N-dealkylation sites (N-methyl/N-ethyl adjacent to an activating group) is 1. The smallest absolute Gasteiger partial charge is 0.243 e. The summed E-state index contributed by atoms with van der Waals surface area (Å²) < 4.78 is 0. The molecule has 0 radical (unpaired) electrons. The van der Waals surface area contributed by atoms with Gasteiger partial charge in [0.1, 0.15) is 11.4 Å². The molecule has 1 aromatic carbocycles. The van der Waals surface area contributed by atoms with Gasteiger partial charge < -0.3 is 10.2 Å². The standard InChI is InChI=1S/C27H34N4O2/c1-3-22-12-11-21(19-23(22)20-25(32)29-24-10-4-7-15-28-24)9-8-16-31-18-17-30(2)27(26(31)33)13-5-6-14-27/h4,7-12,15,19H,3,5-6,13-14,16-18,20H2,1-2H3,(H,28,29,32)/b9-8+. The Hall–Kier alpha value is -2.99. The Morgan fingerprint density at radius 2 is 1.97 bits per heavy atom. The fourth-order valence-corrected chi connectivity index (χ4v) is 5.15. The Labute approximate surface area is 196 Å². The van der Waals surface area contributed by atoms with Gasteiger partial charge in [-0.25, -0.2) is 4.98 Å². The summed E-state index contributed by atoms with van der Waals surface area (Å²) in [4.78, 5) is 34.2. The third kappa shape index (κ3) is 5.17. The molecule has 1 spiro atoms. The van der Waals surface area contributed by atoms with Crippen molar-refractivity contribution in [2.45, 2.75) is 51.0 Å². The number of amides is 2. The molecule has 2 heterocycles. The van der Waals surface area contributed by atoms with Crippen molar-refractivity contribution in [3.05, 3.63) is 65.4 Å². The van der Waals surface area contributed by atoms with Crippen molar-refractivity contribution >= 4 is 23.7 Å². The zero-order chi connectivity index (χ0) is 23.3. The number of hydrogen-bond acceptors (Lipinski definition) is 4. The summed E-state index contributed by atoms with van der Waals surface area (Å²) in [6.45, 7) is 4.43. The van der Waals surface area contributed by atoms with Crippen LogP contribution in [0.25, 0.3) is 6.08 Å². The first-order valence-corrected chi connectivity index (χ1v) is 12.0. The lowest BCUT2D eigenvalue weighted by Crippen LogP contribution is -2.63. The zero-order valence-corrected chi connectivity index (χ0v) is 19.7. The Morgan fingerprint density at radius 1 is 1.15 bits per heavy atom. The Morgan fingerprint density at radius 3 is 2.70 bits per heavy atom. The third-order valence-electron chi connectivity index (χ3n) is 7.08. The van der Waals surface area contributed by atoms with Gasteiger partial charge >= 0.3 is 0 Å². The van der Waals surface area contributed by atoms with Crippen LogP contribution >= 0.6 is 0 Å². The minimum absolute atomic E-state index is 0.0746. The van der Waals surface area contributed by atoms with Crippen molar-refractivity contribution in [3.8, 4) is 0 Å². The number of carbonyl (C=O) groups is 2. The molecule has 1 aliphatic carbocycles. The van der Waals surface area contributed by atoms with Gasteiger partial charge in [0, 0.05) is 25.8 Å². The highest BCUT2D eigenvalue weighted by Crippen LogP contribution is 2.38. The van der Waals surface area contributed by atoms with Crippen LogP contribution in [0, 0.1) is 0 Å². The number of nitrogens with zero attached hydrogens (tertiary/aromatic N) is 3. The quantitative estimate of drug-likeness (QED) is 0.700. The second-order valence-electron chi connectivity index (χ2n) is 9.14. The number of pyridine rings is 1. The van der Waals surface area contributed by atoms with E-state index in [9.17, 15) is 9.59 Å². The average Bonchev–Trinajstić information content (AvgIpc) is 3.31. The van der Waals surface area contributed by atoms with Gasteiger partial charge in [0.2, 0.25) is 11.8 Å². The maximum Gasteiger partial charge on any atom is 0.243 e. The van der Waals surface area contributed by atoms with E-state index >= 15 is 0 Å². The van der Waals surface area contributed by atoms with Crippen LogP contribution < -0.4 is 5.32 Å². The first-order chi connectivity index (χ1) is 16.0. The SMILES string of the molecule is CCc1ccc(/C=C/CN2CCN(C)C3(CCCC3)C2=O)cc1CC(=O)Nc1ccccn1. The molecule has 1 aromatic heterocycles. The molecule has 0 atom stereocenters. The van der Waals surface area contributed by atoms with Crippen LogP contribution in [0.3, 0.4) is 0 Å². The van der Waals surface area contributed by atoms with E-state index in [1.54, 1.807) is 12.3 Å². The van der Waals surface area contributed by atoms with E-state index in [1.165, 1.54) is 5.56 Å². The van der Waals surface area contributed by atoms with Gasteiger partial charge in [0.15, 0.2) is 0 Å². The van der Waals surface area contributed by atoms with E-state index in [0.717, 1.165) is 56.3 Å². The van der Waals surface area contributed by atoms with Crippen LogP contribution in [0.1, 0.15) is 49.3 Å². The van der Waals surface area contributed by atoms with E-state index in [2.05, 4.69) is 59.5 Å². The molecule has 2 amide bonds. The van der Waals surface area contributed by atoms with E-state index in [-0.39, 0.29) is 17.4 Å². The molecule has 2 aromatic rings. The molecule has 1 N–H and O–H groups in total. The van der Waals surface area contributed by atoms with Crippen molar-refractivity contribution in [1.82, 2.24) is 14.8 Å². The molecule has 174 valence electrons. The molecule has 0 bridgehead atoms. The van der Waals surface area contributed by atoms with Crippen LogP contribution in [0.15, 0.2) is 48.7 Å². The predicted octanol–water partition coefficient (Wildman–Crippen LogP) is 3.93. The maximum absolute atomic E-state index is 13.2. The van der Waals surface area contributed by atoms with E-state index < -0.39 is 0 Å². The minimum atomic E-state index is -0.275. The number of anilines is 1. The number of piperazine rings is 1. The first-order valence-electron chi connectivity index (χ1n) is 12.0. The maximum atomic E-state index is 13.2. The van der Waals surface area contributed by atoms with Gasteiger partial charge in [0.25, 0.3) is 0 Å². The van der Waals surface area contributed by atoms with E-state index in [1.807, 2.05) is 17.0 Å². The monoisotopic (exact) mass is 446 g/mol. The summed E-state index contributed by atoms with van der Waals surface area (Å²) in [6.07, 6.45) is 11.2. The molecule has 1 aliphatic heterocycles. The van der Waals surface area contributed by atoms with Gasteiger partial charge in [0.05, 0.1) is 6.42 Å². The number of nitrogens with one attached hydrogen (secondary N) is 1. The topological polar surface area (TPSA) is 65.5 Å². The number of benzene rings is 1. The Balaban J connectivity index is 1.41. The number of hydrogen-bond donors (Lipinski definition) is 1. The molecular formula is C27H34N4O2. The molecule has 2 fully saturated rings. The predicted molar refractivity (Wildman–Crippen MR) is 132 cm³/mol. The van der Waals surface area contributed by atoms with Crippen LogP contribution in [0.2, 0.25) is 0 Å².